The first-order valence-corrected chi connectivity index (χ1v) is 6.45. The van der Waals surface area contributed by atoms with E-state index >= 15 is 0 Å². The average Bonchev–Trinajstić information content (AvgIpc) is 2.17. The number of nitrogens with zero attached hydrogens (tertiary/aromatic N) is 2. The lowest BCUT2D eigenvalue weighted by Crippen LogP contribution is -2.46. The zero-order chi connectivity index (χ0) is 11.4. The normalized spacial score (nSPS) is 20.8. The van der Waals surface area contributed by atoms with E-state index in [4.69, 9.17) is 0 Å². The van der Waals surface area contributed by atoms with Gasteiger partial charge in [-0.3, -0.25) is 0 Å². The number of hydrogen-bond acceptors (Lipinski definition) is 2. The molecule has 0 amide bonds. The standard InChI is InChI=1S/C13H28N2/c1-11(2)10-14(5)13-6-8-15(9-7-13)12(3)4/h11-13H,6-10H2,1-5H3. The van der Waals surface area contributed by atoms with Crippen LogP contribution in [0.1, 0.15) is 40.5 Å². The molecule has 0 saturated carbocycles. The van der Waals surface area contributed by atoms with Gasteiger partial charge in [0, 0.05) is 18.6 Å². The first kappa shape index (κ1) is 13.0. The molecule has 1 heterocycles. The van der Waals surface area contributed by atoms with Crippen molar-refractivity contribution in [3.05, 3.63) is 0 Å². The molecule has 90 valence electrons. The Morgan fingerprint density at radius 1 is 1.13 bits per heavy atom. The highest BCUT2D eigenvalue weighted by Crippen LogP contribution is 2.17. The molecule has 2 heteroatoms. The molecule has 1 fully saturated rings. The van der Waals surface area contributed by atoms with Crippen LogP contribution >= 0.6 is 0 Å². The van der Waals surface area contributed by atoms with Crippen molar-refractivity contribution >= 4 is 0 Å². The van der Waals surface area contributed by atoms with Crippen molar-refractivity contribution < 1.29 is 0 Å². The molecule has 0 aliphatic carbocycles. The second kappa shape index (κ2) is 5.86. The Labute approximate surface area is 95.6 Å². The Morgan fingerprint density at radius 2 is 1.67 bits per heavy atom. The van der Waals surface area contributed by atoms with E-state index in [1.807, 2.05) is 0 Å². The molecule has 1 aliphatic rings. The summed E-state index contributed by atoms with van der Waals surface area (Å²) in [6.45, 7) is 13.0. The lowest BCUT2D eigenvalue weighted by atomic mass is 10.0. The van der Waals surface area contributed by atoms with Gasteiger partial charge in [-0.15, -0.1) is 0 Å². The minimum Gasteiger partial charge on any atom is -0.303 e. The Bertz CT molecular complexity index is 169. The first-order valence-electron chi connectivity index (χ1n) is 6.45. The van der Waals surface area contributed by atoms with Gasteiger partial charge in [-0.1, -0.05) is 13.8 Å². The van der Waals surface area contributed by atoms with E-state index in [0.717, 1.165) is 18.0 Å². The summed E-state index contributed by atoms with van der Waals surface area (Å²) in [5.41, 5.74) is 0. The monoisotopic (exact) mass is 212 g/mol. The van der Waals surface area contributed by atoms with Crippen molar-refractivity contribution in [2.75, 3.05) is 26.7 Å². The second-order valence-electron chi connectivity index (χ2n) is 5.69. The van der Waals surface area contributed by atoms with Crippen LogP contribution in [-0.2, 0) is 0 Å². The van der Waals surface area contributed by atoms with Gasteiger partial charge in [0.15, 0.2) is 0 Å². The highest BCUT2D eigenvalue weighted by molar-refractivity contribution is 4.79. The summed E-state index contributed by atoms with van der Waals surface area (Å²) < 4.78 is 0. The van der Waals surface area contributed by atoms with Crippen LogP contribution in [0.15, 0.2) is 0 Å². The van der Waals surface area contributed by atoms with Crippen molar-refractivity contribution in [2.45, 2.75) is 52.6 Å². The highest BCUT2D eigenvalue weighted by Gasteiger charge is 2.23. The van der Waals surface area contributed by atoms with E-state index in [-0.39, 0.29) is 0 Å². The Morgan fingerprint density at radius 3 is 2.07 bits per heavy atom. The predicted octanol–water partition coefficient (Wildman–Crippen LogP) is 2.45. The van der Waals surface area contributed by atoms with E-state index in [0.29, 0.717) is 0 Å². The summed E-state index contributed by atoms with van der Waals surface area (Å²) >= 11 is 0. The van der Waals surface area contributed by atoms with Crippen molar-refractivity contribution in [1.29, 1.82) is 0 Å². The van der Waals surface area contributed by atoms with Crippen molar-refractivity contribution in [1.82, 2.24) is 9.80 Å². The third-order valence-corrected chi connectivity index (χ3v) is 3.51. The van der Waals surface area contributed by atoms with Crippen LogP contribution in [0.3, 0.4) is 0 Å². The third-order valence-electron chi connectivity index (χ3n) is 3.51. The molecule has 0 bridgehead atoms. The highest BCUT2D eigenvalue weighted by atomic mass is 15.2. The Hall–Kier alpha value is -0.0800. The smallest absolute Gasteiger partial charge is 0.0117 e. The minimum absolute atomic E-state index is 0.723. The Balaban J connectivity index is 2.30. The molecule has 1 aliphatic heterocycles. The van der Waals surface area contributed by atoms with Gasteiger partial charge >= 0.3 is 0 Å². The maximum Gasteiger partial charge on any atom is 0.0117 e. The van der Waals surface area contributed by atoms with E-state index in [9.17, 15) is 0 Å². The summed E-state index contributed by atoms with van der Waals surface area (Å²) in [6, 6.07) is 1.55. The molecule has 1 saturated heterocycles. The number of likely N-dealkylation sites (tertiary alicyclic amines) is 1. The van der Waals surface area contributed by atoms with Crippen LogP contribution in [0.25, 0.3) is 0 Å². The number of piperidine rings is 1. The van der Waals surface area contributed by atoms with E-state index in [1.165, 1.54) is 32.5 Å². The molecule has 0 unspecified atom stereocenters. The van der Waals surface area contributed by atoms with Crippen molar-refractivity contribution in [2.24, 2.45) is 5.92 Å². The van der Waals surface area contributed by atoms with Gasteiger partial charge in [-0.2, -0.15) is 0 Å². The molecule has 0 atom stereocenters. The SMILES string of the molecule is CC(C)CN(C)C1CCN(C(C)C)CC1. The van der Waals surface area contributed by atoms with Crippen LogP contribution in [0.4, 0.5) is 0 Å². The molecular weight excluding hydrogens is 184 g/mol. The maximum atomic E-state index is 2.60. The molecule has 0 N–H and O–H groups in total. The molecule has 0 aromatic rings. The van der Waals surface area contributed by atoms with Crippen molar-refractivity contribution in [3.63, 3.8) is 0 Å². The molecular formula is C13H28N2. The lowest BCUT2D eigenvalue weighted by molar-refractivity contribution is 0.101. The number of hydrogen-bond donors (Lipinski definition) is 0. The van der Waals surface area contributed by atoms with Crippen molar-refractivity contribution in [3.8, 4) is 0 Å². The quantitative estimate of drug-likeness (QED) is 0.706. The minimum atomic E-state index is 0.723. The summed E-state index contributed by atoms with van der Waals surface area (Å²) in [5, 5.41) is 0. The van der Waals surface area contributed by atoms with Gasteiger partial charge in [0.2, 0.25) is 0 Å². The molecule has 0 aromatic heterocycles. The largest absolute Gasteiger partial charge is 0.303 e. The van der Waals surface area contributed by atoms with Crippen LogP contribution in [0.2, 0.25) is 0 Å². The average molecular weight is 212 g/mol. The topological polar surface area (TPSA) is 6.48 Å². The summed E-state index contributed by atoms with van der Waals surface area (Å²) in [6.07, 6.45) is 2.70. The molecule has 1 rings (SSSR count). The van der Waals surface area contributed by atoms with E-state index in [2.05, 4.69) is 44.5 Å². The van der Waals surface area contributed by atoms with Gasteiger partial charge in [-0.05, 0) is 52.7 Å². The molecule has 0 radical (unpaired) electrons. The van der Waals surface area contributed by atoms with E-state index < -0.39 is 0 Å². The van der Waals surface area contributed by atoms with Gasteiger partial charge < -0.3 is 9.80 Å². The fourth-order valence-corrected chi connectivity index (χ4v) is 2.57. The molecule has 0 spiro atoms. The van der Waals surface area contributed by atoms with E-state index in [1.54, 1.807) is 0 Å². The fraction of sp³-hybridized carbons (Fsp3) is 1.00. The zero-order valence-electron chi connectivity index (χ0n) is 11.2. The Kier molecular flexibility index (Phi) is 5.07. The predicted molar refractivity (Wildman–Crippen MR) is 67.2 cm³/mol. The summed E-state index contributed by atoms with van der Waals surface area (Å²) in [5.74, 6) is 0.790. The fourth-order valence-electron chi connectivity index (χ4n) is 2.57. The van der Waals surface area contributed by atoms with Crippen LogP contribution < -0.4 is 0 Å². The summed E-state index contributed by atoms with van der Waals surface area (Å²) in [4.78, 5) is 5.15. The lowest BCUT2D eigenvalue weighted by Gasteiger charge is -2.39. The first-order chi connectivity index (χ1) is 7.00. The second-order valence-corrected chi connectivity index (χ2v) is 5.69. The van der Waals surface area contributed by atoms with Gasteiger partial charge in [0.1, 0.15) is 0 Å². The summed E-state index contributed by atoms with van der Waals surface area (Å²) in [7, 11) is 2.29. The van der Waals surface area contributed by atoms with Gasteiger partial charge in [0.05, 0.1) is 0 Å². The molecule has 2 nitrogen and oxygen atoms in total. The maximum absolute atomic E-state index is 2.60. The molecule has 15 heavy (non-hydrogen) atoms. The van der Waals surface area contributed by atoms with Gasteiger partial charge in [0.25, 0.3) is 0 Å². The third kappa shape index (κ3) is 4.12. The molecule has 0 aromatic carbocycles. The van der Waals surface area contributed by atoms with Crippen LogP contribution in [-0.4, -0.2) is 48.6 Å². The van der Waals surface area contributed by atoms with Crippen LogP contribution in [0, 0.1) is 5.92 Å². The van der Waals surface area contributed by atoms with Crippen LogP contribution in [0.5, 0.6) is 0 Å². The number of rotatable bonds is 4. The zero-order valence-corrected chi connectivity index (χ0v) is 11.2. The van der Waals surface area contributed by atoms with Gasteiger partial charge in [-0.25, -0.2) is 0 Å².